The molecule has 0 aromatic heterocycles. The Labute approximate surface area is 164 Å². The van der Waals surface area contributed by atoms with Crippen molar-refractivity contribution >= 4 is 55.9 Å². The summed E-state index contributed by atoms with van der Waals surface area (Å²) in [4.78, 5) is 35.5. The van der Waals surface area contributed by atoms with E-state index in [2.05, 4.69) is 15.9 Å². The lowest BCUT2D eigenvalue weighted by Crippen LogP contribution is -2.64. The molecular weight excluding hydrogens is 452 g/mol. The van der Waals surface area contributed by atoms with Crippen molar-refractivity contribution in [1.29, 1.82) is 0 Å². The second-order valence-corrected chi connectivity index (χ2v) is 9.48. The topological polar surface area (TPSA) is 107 Å². The SMILES string of the molecule is C[C@]1(CCl)[C@H](C(=O)OCc2ccc([N+](=O)[O-])cc2)N2C(=O)C(Br)[C@H]2S1=O. The molecule has 0 saturated carbocycles. The molecule has 140 valence electrons. The molecule has 2 aliphatic rings. The van der Waals surface area contributed by atoms with Crippen molar-refractivity contribution in [3.8, 4) is 0 Å². The van der Waals surface area contributed by atoms with Gasteiger partial charge in [-0.2, -0.15) is 0 Å². The summed E-state index contributed by atoms with van der Waals surface area (Å²) in [6.45, 7) is 1.47. The molecule has 0 aliphatic carbocycles. The Morgan fingerprint density at radius 1 is 1.46 bits per heavy atom. The second kappa shape index (κ2) is 6.90. The zero-order valence-electron chi connectivity index (χ0n) is 13.5. The number of amides is 1. The van der Waals surface area contributed by atoms with Gasteiger partial charge in [-0.15, -0.1) is 11.6 Å². The van der Waals surface area contributed by atoms with Crippen LogP contribution in [0.1, 0.15) is 12.5 Å². The van der Waals surface area contributed by atoms with Crippen LogP contribution in [0, 0.1) is 10.1 Å². The predicted molar refractivity (Wildman–Crippen MR) is 97.3 cm³/mol. The zero-order valence-corrected chi connectivity index (χ0v) is 16.6. The third-order valence-electron chi connectivity index (χ3n) is 4.57. The number of carbonyl (C=O) groups is 2. The highest BCUT2D eigenvalue weighted by Crippen LogP contribution is 2.46. The number of alkyl halides is 2. The molecule has 5 atom stereocenters. The van der Waals surface area contributed by atoms with Crippen LogP contribution in [0.4, 0.5) is 5.69 Å². The van der Waals surface area contributed by atoms with E-state index < -0.39 is 42.7 Å². The number of β-lactam (4-membered cyclic amide) rings is 1. The van der Waals surface area contributed by atoms with Gasteiger partial charge in [-0.3, -0.25) is 19.1 Å². The molecule has 2 heterocycles. The average Bonchev–Trinajstić information content (AvgIpc) is 2.85. The van der Waals surface area contributed by atoms with E-state index in [-0.39, 0.29) is 24.1 Å². The number of fused-ring (bicyclic) bond motifs is 1. The average molecular weight is 466 g/mol. The highest BCUT2D eigenvalue weighted by atomic mass is 79.9. The lowest BCUT2D eigenvalue weighted by molar-refractivity contribution is -0.384. The molecule has 0 spiro atoms. The van der Waals surface area contributed by atoms with Gasteiger partial charge in [0.05, 0.1) is 20.5 Å². The number of rotatable bonds is 5. The van der Waals surface area contributed by atoms with Gasteiger partial charge < -0.3 is 9.64 Å². The number of halogens is 2. The second-order valence-electron chi connectivity index (χ2n) is 6.22. The number of nitro groups is 1. The van der Waals surface area contributed by atoms with E-state index >= 15 is 0 Å². The molecule has 2 fully saturated rings. The molecule has 11 heteroatoms. The van der Waals surface area contributed by atoms with Crippen LogP contribution in [-0.4, -0.2) is 52.8 Å². The molecule has 1 aromatic rings. The van der Waals surface area contributed by atoms with E-state index in [9.17, 15) is 23.9 Å². The number of non-ortho nitro benzene ring substituents is 1. The van der Waals surface area contributed by atoms with Gasteiger partial charge >= 0.3 is 5.97 Å². The van der Waals surface area contributed by atoms with Crippen LogP contribution in [-0.2, 0) is 31.7 Å². The van der Waals surface area contributed by atoms with Crippen molar-refractivity contribution in [2.45, 2.75) is 34.5 Å². The van der Waals surface area contributed by atoms with Gasteiger partial charge in [0.25, 0.3) is 5.69 Å². The zero-order chi connectivity index (χ0) is 19.2. The summed E-state index contributed by atoms with van der Waals surface area (Å²) in [7, 11) is -1.52. The number of ether oxygens (including phenoxy) is 1. The summed E-state index contributed by atoms with van der Waals surface area (Å²) in [5.41, 5.74) is 0.485. The van der Waals surface area contributed by atoms with Gasteiger partial charge in [0.1, 0.15) is 22.8 Å². The van der Waals surface area contributed by atoms with Crippen molar-refractivity contribution < 1.29 is 23.5 Å². The van der Waals surface area contributed by atoms with Crippen LogP contribution < -0.4 is 0 Å². The third-order valence-corrected chi connectivity index (χ3v) is 8.75. The first kappa shape index (κ1) is 19.2. The molecule has 0 N–H and O–H groups in total. The minimum absolute atomic E-state index is 0.0710. The van der Waals surface area contributed by atoms with Gasteiger partial charge in [-0.1, -0.05) is 15.9 Å². The van der Waals surface area contributed by atoms with Gasteiger partial charge in [0, 0.05) is 18.0 Å². The Kier molecular flexibility index (Phi) is 5.11. The van der Waals surface area contributed by atoms with E-state index in [1.165, 1.54) is 29.2 Å². The number of carbonyl (C=O) groups excluding carboxylic acids is 2. The summed E-state index contributed by atoms with van der Waals surface area (Å²) in [6.07, 6.45) is 0. The molecule has 0 bridgehead atoms. The number of nitro benzene ring substituents is 1. The standard InChI is InChI=1S/C15H14BrClN2O6S/c1-15(7-17)11(18-12(20)10(16)13(18)26(15)24)14(21)25-6-8-2-4-9(5-3-8)19(22)23/h2-5,10-11,13H,6-7H2,1H3/t10?,11-,13+,15-,26?/m0/s1. The lowest BCUT2D eigenvalue weighted by atomic mass is 9.98. The predicted octanol–water partition coefficient (Wildman–Crippen LogP) is 1.70. The largest absolute Gasteiger partial charge is 0.459 e. The first-order valence-electron chi connectivity index (χ1n) is 7.55. The molecule has 1 amide bonds. The Balaban J connectivity index is 1.75. The number of hydrogen-bond acceptors (Lipinski definition) is 6. The quantitative estimate of drug-likeness (QED) is 0.215. The Hall–Kier alpha value is -1.52. The molecule has 26 heavy (non-hydrogen) atoms. The highest BCUT2D eigenvalue weighted by Gasteiger charge is 2.68. The third kappa shape index (κ3) is 2.84. The Bertz CT molecular complexity index is 806. The van der Waals surface area contributed by atoms with Gasteiger partial charge in [0.2, 0.25) is 5.91 Å². The van der Waals surface area contributed by atoms with Crippen LogP contribution in [0.15, 0.2) is 24.3 Å². The summed E-state index contributed by atoms with van der Waals surface area (Å²) in [5.74, 6) is -1.10. The summed E-state index contributed by atoms with van der Waals surface area (Å²) >= 11 is 9.17. The summed E-state index contributed by atoms with van der Waals surface area (Å²) < 4.78 is 16.9. The smallest absolute Gasteiger partial charge is 0.330 e. The molecular formula is C15H14BrClN2O6S. The first-order chi connectivity index (χ1) is 12.2. The monoisotopic (exact) mass is 464 g/mol. The molecule has 3 rings (SSSR count). The van der Waals surface area contributed by atoms with Gasteiger partial charge in [0.15, 0.2) is 0 Å². The van der Waals surface area contributed by atoms with E-state index in [1.54, 1.807) is 6.92 Å². The molecule has 2 aliphatic heterocycles. The Morgan fingerprint density at radius 2 is 2.08 bits per heavy atom. The lowest BCUT2D eigenvalue weighted by Gasteiger charge is -2.40. The Morgan fingerprint density at radius 3 is 2.62 bits per heavy atom. The van der Waals surface area contributed by atoms with Crippen molar-refractivity contribution in [3.63, 3.8) is 0 Å². The summed E-state index contributed by atoms with van der Waals surface area (Å²) in [5, 5.41) is 10.0. The minimum Gasteiger partial charge on any atom is -0.459 e. The molecule has 2 unspecified atom stereocenters. The van der Waals surface area contributed by atoms with Gasteiger partial charge in [-0.05, 0) is 24.6 Å². The number of nitrogens with zero attached hydrogens (tertiary/aromatic N) is 2. The fraction of sp³-hybridized carbons (Fsp3) is 0.467. The van der Waals surface area contributed by atoms with Crippen LogP contribution in [0.5, 0.6) is 0 Å². The maximum atomic E-state index is 12.7. The van der Waals surface area contributed by atoms with Crippen LogP contribution in [0.2, 0.25) is 0 Å². The fourth-order valence-corrected chi connectivity index (χ4v) is 6.45. The number of esters is 1. The van der Waals surface area contributed by atoms with Crippen molar-refractivity contribution in [2.75, 3.05) is 5.88 Å². The van der Waals surface area contributed by atoms with Crippen LogP contribution in [0.25, 0.3) is 0 Å². The molecule has 0 radical (unpaired) electrons. The van der Waals surface area contributed by atoms with E-state index in [4.69, 9.17) is 16.3 Å². The minimum atomic E-state index is -1.52. The van der Waals surface area contributed by atoms with Crippen molar-refractivity contribution in [2.24, 2.45) is 0 Å². The van der Waals surface area contributed by atoms with Gasteiger partial charge in [-0.25, -0.2) is 4.79 Å². The maximum absolute atomic E-state index is 12.7. The molecule has 1 aromatic carbocycles. The number of hydrogen-bond donors (Lipinski definition) is 0. The highest BCUT2D eigenvalue weighted by molar-refractivity contribution is 9.10. The molecule has 2 saturated heterocycles. The van der Waals surface area contributed by atoms with Crippen molar-refractivity contribution in [3.05, 3.63) is 39.9 Å². The first-order valence-corrected chi connectivity index (χ1v) is 10.2. The maximum Gasteiger partial charge on any atom is 0.330 e. The van der Waals surface area contributed by atoms with E-state index in [0.29, 0.717) is 5.56 Å². The normalized spacial score (nSPS) is 32.7. The molecule has 8 nitrogen and oxygen atoms in total. The number of benzene rings is 1. The van der Waals surface area contributed by atoms with E-state index in [1.807, 2.05) is 0 Å². The summed E-state index contributed by atoms with van der Waals surface area (Å²) in [6, 6.07) is 4.53. The van der Waals surface area contributed by atoms with Crippen LogP contribution in [0.3, 0.4) is 0 Å². The van der Waals surface area contributed by atoms with E-state index in [0.717, 1.165) is 0 Å². The van der Waals surface area contributed by atoms with Crippen molar-refractivity contribution in [1.82, 2.24) is 4.90 Å². The fourth-order valence-electron chi connectivity index (χ4n) is 3.05. The van der Waals surface area contributed by atoms with Crippen LogP contribution >= 0.6 is 27.5 Å².